The van der Waals surface area contributed by atoms with Crippen LogP contribution in [0.4, 0.5) is 11.4 Å². The van der Waals surface area contributed by atoms with E-state index in [0.717, 1.165) is 25.7 Å². The van der Waals surface area contributed by atoms with Crippen LogP contribution in [0.1, 0.15) is 42.0 Å². The van der Waals surface area contributed by atoms with Crippen molar-refractivity contribution < 1.29 is 9.72 Å². The highest BCUT2D eigenvalue weighted by atomic mass is 16.6. The number of amides is 1. The number of anilines is 1. The third kappa shape index (κ3) is 3.57. The van der Waals surface area contributed by atoms with Gasteiger partial charge in [0.25, 0.3) is 5.69 Å². The highest BCUT2D eigenvalue weighted by Crippen LogP contribution is 2.41. The molecule has 4 rings (SSSR count). The molecule has 0 bridgehead atoms. The number of nitro groups is 1. The van der Waals surface area contributed by atoms with Crippen molar-refractivity contribution in [2.75, 3.05) is 11.9 Å². The molecule has 1 saturated carbocycles. The van der Waals surface area contributed by atoms with Crippen LogP contribution in [0.15, 0.2) is 42.5 Å². The van der Waals surface area contributed by atoms with Crippen molar-refractivity contribution in [2.45, 2.75) is 44.7 Å². The summed E-state index contributed by atoms with van der Waals surface area (Å²) in [5, 5.41) is 14.0. The van der Waals surface area contributed by atoms with Crippen molar-refractivity contribution in [3.8, 4) is 0 Å². The molecule has 1 N–H and O–H groups in total. The monoisotopic (exact) mass is 365 g/mol. The number of nitrogens with one attached hydrogen (secondary N) is 1. The summed E-state index contributed by atoms with van der Waals surface area (Å²) in [5.41, 5.74) is 3.74. The third-order valence-corrected chi connectivity index (χ3v) is 5.62. The highest BCUT2D eigenvalue weighted by Gasteiger charge is 2.38. The molecule has 0 radical (unpaired) electrons. The Bertz CT molecular complexity index is 892. The van der Waals surface area contributed by atoms with Gasteiger partial charge in [0, 0.05) is 18.2 Å². The zero-order valence-electron chi connectivity index (χ0n) is 15.4. The van der Waals surface area contributed by atoms with Crippen LogP contribution in [0.2, 0.25) is 0 Å². The van der Waals surface area contributed by atoms with Crippen LogP contribution in [0, 0.1) is 17.0 Å². The molecule has 2 aromatic rings. The van der Waals surface area contributed by atoms with E-state index in [-0.39, 0.29) is 17.6 Å². The largest absolute Gasteiger partial charge is 0.324 e. The summed E-state index contributed by atoms with van der Waals surface area (Å²) in [4.78, 5) is 25.7. The number of fused-ring (bicyclic) bond motifs is 1. The van der Waals surface area contributed by atoms with E-state index in [2.05, 4.69) is 34.5 Å². The van der Waals surface area contributed by atoms with E-state index < -0.39 is 4.92 Å². The number of benzene rings is 2. The molecule has 6 heteroatoms. The average Bonchev–Trinajstić information content (AvgIpc) is 3.40. The first-order valence-electron chi connectivity index (χ1n) is 9.42. The summed E-state index contributed by atoms with van der Waals surface area (Å²) >= 11 is 0. The standard InChI is InChI=1S/C21H23N3O3/c1-14-18(7-4-8-19(14)24(26)27)22-21(25)13-23(16-10-11-16)20-12-9-15-5-2-3-6-17(15)20/h2-8,16,20H,9-13H2,1H3,(H,22,25). The van der Waals surface area contributed by atoms with E-state index in [1.54, 1.807) is 19.1 Å². The van der Waals surface area contributed by atoms with E-state index in [4.69, 9.17) is 0 Å². The number of hydrogen-bond acceptors (Lipinski definition) is 4. The predicted octanol–water partition coefficient (Wildman–Crippen LogP) is 3.99. The Kier molecular flexibility index (Phi) is 4.66. The van der Waals surface area contributed by atoms with Crippen LogP contribution in [-0.4, -0.2) is 28.3 Å². The Morgan fingerprint density at radius 1 is 1.19 bits per heavy atom. The normalized spacial score (nSPS) is 18.4. The summed E-state index contributed by atoms with van der Waals surface area (Å²) in [6.07, 6.45) is 4.35. The number of nitro benzene ring substituents is 1. The van der Waals surface area contributed by atoms with E-state index >= 15 is 0 Å². The lowest BCUT2D eigenvalue weighted by molar-refractivity contribution is -0.385. The van der Waals surface area contributed by atoms with E-state index in [9.17, 15) is 14.9 Å². The maximum Gasteiger partial charge on any atom is 0.274 e. The molecule has 140 valence electrons. The fraction of sp³-hybridized carbons (Fsp3) is 0.381. The molecule has 6 nitrogen and oxygen atoms in total. The van der Waals surface area contributed by atoms with Gasteiger partial charge in [-0.15, -0.1) is 0 Å². The molecule has 0 aromatic heterocycles. The molecule has 0 saturated heterocycles. The first-order valence-corrected chi connectivity index (χ1v) is 9.42. The summed E-state index contributed by atoms with van der Waals surface area (Å²) in [7, 11) is 0. The maximum atomic E-state index is 12.7. The average molecular weight is 365 g/mol. The topological polar surface area (TPSA) is 75.5 Å². The first-order chi connectivity index (χ1) is 13.0. The lowest BCUT2D eigenvalue weighted by Gasteiger charge is -2.29. The quantitative estimate of drug-likeness (QED) is 0.620. The van der Waals surface area contributed by atoms with Crippen molar-refractivity contribution in [3.05, 3.63) is 69.3 Å². The molecule has 0 aliphatic heterocycles. The number of carbonyl (C=O) groups excluding carboxylic acids is 1. The van der Waals surface area contributed by atoms with Crippen LogP contribution in [0.5, 0.6) is 0 Å². The van der Waals surface area contributed by atoms with Crippen LogP contribution < -0.4 is 5.32 Å². The number of nitrogens with zero attached hydrogens (tertiary/aromatic N) is 2. The van der Waals surface area contributed by atoms with Gasteiger partial charge in [-0.05, 0) is 49.8 Å². The Labute approximate surface area is 158 Å². The minimum atomic E-state index is -0.420. The van der Waals surface area contributed by atoms with Gasteiger partial charge >= 0.3 is 0 Å². The van der Waals surface area contributed by atoms with Crippen LogP contribution >= 0.6 is 0 Å². The SMILES string of the molecule is Cc1c(NC(=O)CN(C2CC2)C2CCc3ccccc32)cccc1[N+](=O)[O-]. The number of aryl methyl sites for hydroxylation is 1. The van der Waals surface area contributed by atoms with Gasteiger partial charge < -0.3 is 5.32 Å². The van der Waals surface area contributed by atoms with Crippen LogP contribution in [0.25, 0.3) is 0 Å². The van der Waals surface area contributed by atoms with Crippen molar-refractivity contribution in [2.24, 2.45) is 0 Å². The van der Waals surface area contributed by atoms with Gasteiger partial charge in [0.05, 0.1) is 22.7 Å². The predicted molar refractivity (Wildman–Crippen MR) is 104 cm³/mol. The summed E-state index contributed by atoms with van der Waals surface area (Å²) in [6, 6.07) is 14.0. The molecule has 1 amide bonds. The molecular formula is C21H23N3O3. The second kappa shape index (κ2) is 7.12. The Hall–Kier alpha value is -2.73. The zero-order valence-corrected chi connectivity index (χ0v) is 15.4. The molecule has 1 fully saturated rings. The van der Waals surface area contributed by atoms with E-state index in [1.807, 2.05) is 0 Å². The molecule has 1 atom stereocenters. The van der Waals surface area contributed by atoms with Crippen molar-refractivity contribution in [1.29, 1.82) is 0 Å². The van der Waals surface area contributed by atoms with Gasteiger partial charge in [0.1, 0.15) is 0 Å². The van der Waals surface area contributed by atoms with Crippen LogP contribution in [0.3, 0.4) is 0 Å². The van der Waals surface area contributed by atoms with Crippen LogP contribution in [-0.2, 0) is 11.2 Å². The fourth-order valence-electron chi connectivity index (χ4n) is 4.09. The Morgan fingerprint density at radius 3 is 2.70 bits per heavy atom. The Morgan fingerprint density at radius 2 is 1.96 bits per heavy atom. The molecule has 0 spiro atoms. The van der Waals surface area contributed by atoms with Gasteiger partial charge in [-0.2, -0.15) is 0 Å². The van der Waals surface area contributed by atoms with E-state index in [1.165, 1.54) is 17.2 Å². The van der Waals surface area contributed by atoms with Gasteiger partial charge in [-0.25, -0.2) is 0 Å². The molecule has 27 heavy (non-hydrogen) atoms. The summed E-state index contributed by atoms with van der Waals surface area (Å²) < 4.78 is 0. The second-order valence-electron chi connectivity index (χ2n) is 7.41. The molecule has 2 aliphatic rings. The van der Waals surface area contributed by atoms with Crippen molar-refractivity contribution >= 4 is 17.3 Å². The highest BCUT2D eigenvalue weighted by molar-refractivity contribution is 5.93. The molecule has 2 aliphatic carbocycles. The lowest BCUT2D eigenvalue weighted by Crippen LogP contribution is -2.37. The summed E-state index contributed by atoms with van der Waals surface area (Å²) in [6.45, 7) is 1.98. The van der Waals surface area contributed by atoms with E-state index in [0.29, 0.717) is 23.8 Å². The fourth-order valence-corrected chi connectivity index (χ4v) is 4.09. The lowest BCUT2D eigenvalue weighted by atomic mass is 10.1. The number of hydrogen-bond donors (Lipinski definition) is 1. The van der Waals surface area contributed by atoms with Gasteiger partial charge in [-0.3, -0.25) is 19.8 Å². The number of carbonyl (C=O) groups is 1. The number of rotatable bonds is 6. The van der Waals surface area contributed by atoms with Crippen molar-refractivity contribution in [1.82, 2.24) is 4.90 Å². The maximum absolute atomic E-state index is 12.7. The summed E-state index contributed by atoms with van der Waals surface area (Å²) in [5.74, 6) is -0.116. The van der Waals surface area contributed by atoms with Crippen molar-refractivity contribution in [3.63, 3.8) is 0 Å². The second-order valence-corrected chi connectivity index (χ2v) is 7.41. The van der Waals surface area contributed by atoms with Gasteiger partial charge in [0.2, 0.25) is 5.91 Å². The molecular weight excluding hydrogens is 342 g/mol. The third-order valence-electron chi connectivity index (χ3n) is 5.62. The molecule has 2 aromatic carbocycles. The Balaban J connectivity index is 1.50. The first kappa shape index (κ1) is 17.7. The smallest absolute Gasteiger partial charge is 0.274 e. The minimum Gasteiger partial charge on any atom is -0.324 e. The van der Waals surface area contributed by atoms with Gasteiger partial charge in [-0.1, -0.05) is 30.3 Å². The van der Waals surface area contributed by atoms with Gasteiger partial charge in [0.15, 0.2) is 0 Å². The molecule has 0 heterocycles. The molecule has 1 unspecified atom stereocenters. The zero-order chi connectivity index (χ0) is 19.0. The minimum absolute atomic E-state index is 0.0246.